The number of H-pyrrole nitrogens is 1. The van der Waals surface area contributed by atoms with E-state index in [-0.39, 0.29) is 10.6 Å². The summed E-state index contributed by atoms with van der Waals surface area (Å²) in [5.41, 5.74) is 5.36. The molecule has 1 saturated carbocycles. The molecule has 3 aromatic rings. The Balaban J connectivity index is 1.81. The number of hydrogen-bond acceptors (Lipinski definition) is 2. The highest BCUT2D eigenvalue weighted by Gasteiger charge is 2.23. The van der Waals surface area contributed by atoms with Crippen LogP contribution in [0.15, 0.2) is 54.6 Å². The summed E-state index contributed by atoms with van der Waals surface area (Å²) in [5, 5.41) is 11.9. The lowest BCUT2D eigenvalue weighted by Crippen LogP contribution is -2.06. The van der Waals surface area contributed by atoms with Gasteiger partial charge >= 0.3 is 0 Å². The standard InChI is InChI=1S/C22H21ClN2O2/c23-18-11-9-15(10-12-18)21-14-20(17-7-4-8-19(13-17)25(26)27)22(24-21)16-5-2-1-3-6-16/h4,7-14,16,24H,1-3,5-6H2. The predicted octanol–water partition coefficient (Wildman–Crippen LogP) is 6.96. The summed E-state index contributed by atoms with van der Waals surface area (Å²) in [5.74, 6) is 0.467. The molecule has 1 N–H and O–H groups in total. The second-order valence-electron chi connectivity index (χ2n) is 7.16. The Morgan fingerprint density at radius 1 is 0.963 bits per heavy atom. The number of halogens is 1. The van der Waals surface area contributed by atoms with Crippen molar-refractivity contribution in [3.05, 3.63) is 75.4 Å². The smallest absolute Gasteiger partial charge is 0.270 e. The molecule has 0 aliphatic heterocycles. The topological polar surface area (TPSA) is 58.9 Å². The summed E-state index contributed by atoms with van der Waals surface area (Å²) < 4.78 is 0. The molecule has 0 saturated heterocycles. The molecule has 1 aromatic heterocycles. The number of aromatic nitrogens is 1. The highest BCUT2D eigenvalue weighted by atomic mass is 35.5. The molecule has 0 atom stereocenters. The van der Waals surface area contributed by atoms with E-state index in [1.54, 1.807) is 12.1 Å². The van der Waals surface area contributed by atoms with Gasteiger partial charge in [0, 0.05) is 34.1 Å². The molecule has 0 amide bonds. The first-order valence-corrected chi connectivity index (χ1v) is 9.73. The Hall–Kier alpha value is -2.59. The predicted molar refractivity (Wildman–Crippen MR) is 109 cm³/mol. The van der Waals surface area contributed by atoms with Gasteiger partial charge in [-0.3, -0.25) is 10.1 Å². The fourth-order valence-corrected chi connectivity index (χ4v) is 4.12. The van der Waals surface area contributed by atoms with E-state index < -0.39 is 0 Å². The van der Waals surface area contributed by atoms with Crippen molar-refractivity contribution in [1.82, 2.24) is 4.98 Å². The van der Waals surface area contributed by atoms with Crippen LogP contribution in [0.2, 0.25) is 5.02 Å². The maximum atomic E-state index is 11.2. The molecule has 2 aromatic carbocycles. The fourth-order valence-electron chi connectivity index (χ4n) is 3.99. The second kappa shape index (κ2) is 7.57. The van der Waals surface area contributed by atoms with E-state index in [1.807, 2.05) is 30.3 Å². The van der Waals surface area contributed by atoms with E-state index in [1.165, 1.54) is 31.0 Å². The Morgan fingerprint density at radius 3 is 2.41 bits per heavy atom. The van der Waals surface area contributed by atoms with Crippen LogP contribution in [-0.2, 0) is 0 Å². The quantitative estimate of drug-likeness (QED) is 0.393. The van der Waals surface area contributed by atoms with Gasteiger partial charge in [-0.05, 0) is 48.1 Å². The molecule has 1 aliphatic rings. The molecular formula is C22H21ClN2O2. The van der Waals surface area contributed by atoms with Gasteiger partial charge < -0.3 is 4.98 Å². The summed E-state index contributed by atoms with van der Waals surface area (Å²) >= 11 is 6.03. The Labute approximate surface area is 163 Å². The second-order valence-corrected chi connectivity index (χ2v) is 7.60. The monoisotopic (exact) mass is 380 g/mol. The van der Waals surface area contributed by atoms with Crippen LogP contribution in [0.5, 0.6) is 0 Å². The number of nitro groups is 1. The molecule has 0 radical (unpaired) electrons. The van der Waals surface area contributed by atoms with E-state index in [2.05, 4.69) is 11.1 Å². The van der Waals surface area contributed by atoms with Gasteiger partial charge in [0.15, 0.2) is 0 Å². The third-order valence-electron chi connectivity index (χ3n) is 5.38. The van der Waals surface area contributed by atoms with Crippen molar-refractivity contribution in [3.63, 3.8) is 0 Å². The van der Waals surface area contributed by atoms with Crippen LogP contribution in [0, 0.1) is 10.1 Å². The van der Waals surface area contributed by atoms with Crippen molar-refractivity contribution in [2.45, 2.75) is 38.0 Å². The maximum absolute atomic E-state index is 11.2. The average Bonchev–Trinajstić information content (AvgIpc) is 3.15. The van der Waals surface area contributed by atoms with Gasteiger partial charge in [-0.2, -0.15) is 0 Å². The van der Waals surface area contributed by atoms with Gasteiger partial charge in [-0.1, -0.05) is 55.1 Å². The van der Waals surface area contributed by atoms with Crippen LogP contribution < -0.4 is 0 Å². The van der Waals surface area contributed by atoms with Crippen molar-refractivity contribution >= 4 is 17.3 Å². The van der Waals surface area contributed by atoms with Crippen molar-refractivity contribution in [3.8, 4) is 22.4 Å². The lowest BCUT2D eigenvalue weighted by Gasteiger charge is -2.22. The fraction of sp³-hybridized carbons (Fsp3) is 0.273. The molecule has 4 nitrogen and oxygen atoms in total. The Morgan fingerprint density at radius 2 is 1.70 bits per heavy atom. The number of aromatic amines is 1. The van der Waals surface area contributed by atoms with E-state index in [0.717, 1.165) is 35.2 Å². The number of benzene rings is 2. The van der Waals surface area contributed by atoms with Crippen LogP contribution in [0.1, 0.15) is 43.7 Å². The SMILES string of the molecule is O=[N+]([O-])c1cccc(-c2cc(-c3ccc(Cl)cc3)[nH]c2C2CCCCC2)c1. The summed E-state index contributed by atoms with van der Waals surface area (Å²) in [7, 11) is 0. The first kappa shape index (κ1) is 17.8. The van der Waals surface area contributed by atoms with E-state index >= 15 is 0 Å². The molecule has 27 heavy (non-hydrogen) atoms. The normalized spacial score (nSPS) is 15.0. The van der Waals surface area contributed by atoms with Crippen LogP contribution in [0.25, 0.3) is 22.4 Å². The number of nitro benzene ring substituents is 1. The maximum Gasteiger partial charge on any atom is 0.270 e. The minimum atomic E-state index is -0.337. The molecule has 5 heteroatoms. The molecule has 0 unspecified atom stereocenters. The van der Waals surface area contributed by atoms with Gasteiger partial charge in [-0.15, -0.1) is 0 Å². The van der Waals surface area contributed by atoms with Crippen molar-refractivity contribution in [1.29, 1.82) is 0 Å². The average molecular weight is 381 g/mol. The highest BCUT2D eigenvalue weighted by Crippen LogP contribution is 2.40. The highest BCUT2D eigenvalue weighted by molar-refractivity contribution is 6.30. The van der Waals surface area contributed by atoms with Crippen molar-refractivity contribution in [2.24, 2.45) is 0 Å². The first-order valence-electron chi connectivity index (χ1n) is 9.35. The lowest BCUT2D eigenvalue weighted by molar-refractivity contribution is -0.384. The third-order valence-corrected chi connectivity index (χ3v) is 5.64. The minimum Gasteiger partial charge on any atom is -0.358 e. The number of hydrogen-bond donors (Lipinski definition) is 1. The van der Waals surface area contributed by atoms with E-state index in [0.29, 0.717) is 10.9 Å². The van der Waals surface area contributed by atoms with Crippen molar-refractivity contribution < 1.29 is 4.92 Å². The first-order chi connectivity index (χ1) is 13.1. The molecule has 0 bridgehead atoms. The molecule has 1 aliphatic carbocycles. The van der Waals surface area contributed by atoms with Gasteiger partial charge in [0.1, 0.15) is 0 Å². The molecular weight excluding hydrogens is 360 g/mol. The number of nitrogens with zero attached hydrogens (tertiary/aromatic N) is 1. The molecule has 1 fully saturated rings. The number of nitrogens with one attached hydrogen (secondary N) is 1. The van der Waals surface area contributed by atoms with Crippen LogP contribution >= 0.6 is 11.6 Å². The summed E-state index contributed by atoms with van der Waals surface area (Å²) in [6.45, 7) is 0. The minimum absolute atomic E-state index is 0.122. The largest absolute Gasteiger partial charge is 0.358 e. The van der Waals surface area contributed by atoms with E-state index in [9.17, 15) is 10.1 Å². The third kappa shape index (κ3) is 3.76. The summed E-state index contributed by atoms with van der Waals surface area (Å²) in [6.07, 6.45) is 6.06. The Bertz CT molecular complexity index is 957. The zero-order chi connectivity index (χ0) is 18.8. The summed E-state index contributed by atoms with van der Waals surface area (Å²) in [4.78, 5) is 14.5. The van der Waals surface area contributed by atoms with Crippen LogP contribution in [0.3, 0.4) is 0 Å². The summed E-state index contributed by atoms with van der Waals surface area (Å²) in [6, 6.07) is 16.8. The molecule has 0 spiro atoms. The zero-order valence-corrected chi connectivity index (χ0v) is 15.7. The van der Waals surface area contributed by atoms with E-state index in [4.69, 9.17) is 11.6 Å². The molecule has 138 valence electrons. The number of rotatable bonds is 4. The lowest BCUT2D eigenvalue weighted by atomic mass is 9.84. The van der Waals surface area contributed by atoms with Gasteiger partial charge in [0.05, 0.1) is 4.92 Å². The van der Waals surface area contributed by atoms with Crippen LogP contribution in [0.4, 0.5) is 5.69 Å². The van der Waals surface area contributed by atoms with Crippen molar-refractivity contribution in [2.75, 3.05) is 0 Å². The van der Waals surface area contributed by atoms with Crippen LogP contribution in [-0.4, -0.2) is 9.91 Å². The number of non-ortho nitro benzene ring substituents is 1. The van der Waals surface area contributed by atoms with Gasteiger partial charge in [0.2, 0.25) is 0 Å². The van der Waals surface area contributed by atoms with Gasteiger partial charge in [-0.25, -0.2) is 0 Å². The molecule has 1 heterocycles. The van der Waals surface area contributed by atoms with Gasteiger partial charge in [0.25, 0.3) is 5.69 Å². The molecule has 4 rings (SSSR count). The zero-order valence-electron chi connectivity index (χ0n) is 15.0. The Kier molecular flexibility index (Phi) is 4.99.